The molecule has 21 heavy (non-hydrogen) atoms. The van der Waals surface area contributed by atoms with Crippen molar-refractivity contribution < 1.29 is 0 Å². The molecule has 1 heterocycles. The van der Waals surface area contributed by atoms with Crippen LogP contribution < -0.4 is 5.73 Å². The average molecular weight is 276 g/mol. The van der Waals surface area contributed by atoms with Gasteiger partial charge in [0.25, 0.3) is 0 Å². The van der Waals surface area contributed by atoms with Crippen LogP contribution in [0.1, 0.15) is 24.4 Å². The second-order valence-electron chi connectivity index (χ2n) is 5.07. The first kappa shape index (κ1) is 13.3. The van der Waals surface area contributed by atoms with E-state index in [2.05, 4.69) is 11.1 Å². The van der Waals surface area contributed by atoms with E-state index < -0.39 is 0 Å². The van der Waals surface area contributed by atoms with E-state index in [1.807, 2.05) is 60.0 Å². The highest BCUT2D eigenvalue weighted by Crippen LogP contribution is 2.23. The Morgan fingerprint density at radius 1 is 1.19 bits per heavy atom. The average Bonchev–Trinajstić information content (AvgIpc) is 2.85. The summed E-state index contributed by atoms with van der Waals surface area (Å²) in [6.45, 7) is 1.96. The van der Waals surface area contributed by atoms with Gasteiger partial charge in [0.1, 0.15) is 5.82 Å². The van der Waals surface area contributed by atoms with Gasteiger partial charge in [-0.15, -0.1) is 0 Å². The van der Waals surface area contributed by atoms with Crippen molar-refractivity contribution in [2.24, 2.45) is 5.73 Å². The highest BCUT2D eigenvalue weighted by atomic mass is 15.1. The molecule has 104 valence electrons. The number of para-hydroxylation sites is 2. The zero-order chi connectivity index (χ0) is 14.8. The Morgan fingerprint density at radius 3 is 2.57 bits per heavy atom. The summed E-state index contributed by atoms with van der Waals surface area (Å²) in [5.41, 5.74) is 9.89. The number of hydrogen-bond donors (Lipinski definition) is 1. The van der Waals surface area contributed by atoms with Crippen molar-refractivity contribution in [1.29, 1.82) is 5.26 Å². The van der Waals surface area contributed by atoms with E-state index in [0.717, 1.165) is 28.1 Å². The molecule has 0 aliphatic rings. The molecule has 0 fully saturated rings. The van der Waals surface area contributed by atoms with Crippen molar-refractivity contribution >= 4 is 11.0 Å². The molecule has 2 N–H and O–H groups in total. The van der Waals surface area contributed by atoms with Crippen LogP contribution in [-0.2, 0) is 6.42 Å². The van der Waals surface area contributed by atoms with Gasteiger partial charge < -0.3 is 5.73 Å². The molecular formula is C17H16N4. The molecule has 1 atom stereocenters. The molecule has 0 amide bonds. The topological polar surface area (TPSA) is 67.6 Å². The standard InChI is InChI=1S/C17H16N4/c1-12(19)13-6-8-14(9-7-13)21-16-5-3-2-4-15(16)20-17(21)10-11-18/h2-9,12H,10,19H2,1H3/t12-/m0/s1. The Labute approximate surface area is 123 Å². The smallest absolute Gasteiger partial charge is 0.128 e. The molecule has 0 radical (unpaired) electrons. The van der Waals surface area contributed by atoms with Gasteiger partial charge in [0.15, 0.2) is 0 Å². The molecule has 3 rings (SSSR count). The summed E-state index contributed by atoms with van der Waals surface area (Å²) >= 11 is 0. The van der Waals surface area contributed by atoms with Crippen molar-refractivity contribution in [3.8, 4) is 11.8 Å². The van der Waals surface area contributed by atoms with Gasteiger partial charge in [-0.3, -0.25) is 4.57 Å². The lowest BCUT2D eigenvalue weighted by Gasteiger charge is -2.10. The Bertz CT molecular complexity index is 807. The third kappa shape index (κ3) is 2.39. The van der Waals surface area contributed by atoms with E-state index in [1.165, 1.54) is 0 Å². The van der Waals surface area contributed by atoms with Crippen molar-refractivity contribution in [2.45, 2.75) is 19.4 Å². The first-order valence-electron chi connectivity index (χ1n) is 6.90. The summed E-state index contributed by atoms with van der Waals surface area (Å²) in [6.07, 6.45) is 0.281. The monoisotopic (exact) mass is 276 g/mol. The third-order valence-electron chi connectivity index (χ3n) is 3.54. The number of fused-ring (bicyclic) bond motifs is 1. The van der Waals surface area contributed by atoms with E-state index in [-0.39, 0.29) is 12.5 Å². The Balaban J connectivity index is 2.18. The molecule has 0 aliphatic heterocycles. The van der Waals surface area contributed by atoms with E-state index >= 15 is 0 Å². The predicted octanol–water partition coefficient (Wildman–Crippen LogP) is 3.11. The van der Waals surface area contributed by atoms with Gasteiger partial charge in [0.2, 0.25) is 0 Å². The van der Waals surface area contributed by atoms with Gasteiger partial charge >= 0.3 is 0 Å². The van der Waals surface area contributed by atoms with Gasteiger partial charge in [-0.25, -0.2) is 4.98 Å². The maximum absolute atomic E-state index is 9.01. The van der Waals surface area contributed by atoms with Gasteiger partial charge in [-0.05, 0) is 36.8 Å². The quantitative estimate of drug-likeness (QED) is 0.799. The number of hydrogen-bond acceptors (Lipinski definition) is 3. The largest absolute Gasteiger partial charge is 0.324 e. The lowest BCUT2D eigenvalue weighted by molar-refractivity contribution is 0.817. The fourth-order valence-corrected chi connectivity index (χ4v) is 2.48. The molecule has 0 saturated carbocycles. The fraction of sp³-hybridized carbons (Fsp3) is 0.176. The maximum atomic E-state index is 9.01. The molecule has 1 aromatic heterocycles. The number of rotatable bonds is 3. The summed E-state index contributed by atoms with van der Waals surface area (Å²) in [5.74, 6) is 0.757. The number of nitrogens with zero attached hydrogens (tertiary/aromatic N) is 3. The highest BCUT2D eigenvalue weighted by Gasteiger charge is 2.12. The molecule has 2 aromatic carbocycles. The van der Waals surface area contributed by atoms with Crippen molar-refractivity contribution in [2.75, 3.05) is 0 Å². The summed E-state index contributed by atoms with van der Waals surface area (Å²) in [5, 5.41) is 9.01. The van der Waals surface area contributed by atoms with Crippen molar-refractivity contribution in [3.63, 3.8) is 0 Å². The number of aromatic nitrogens is 2. The Morgan fingerprint density at radius 2 is 1.90 bits per heavy atom. The Kier molecular flexibility index (Phi) is 3.43. The van der Waals surface area contributed by atoms with Gasteiger partial charge in [-0.1, -0.05) is 24.3 Å². The predicted molar refractivity (Wildman–Crippen MR) is 83.0 cm³/mol. The van der Waals surface area contributed by atoms with Crippen LogP contribution in [0.15, 0.2) is 48.5 Å². The van der Waals surface area contributed by atoms with Crippen LogP contribution in [0.5, 0.6) is 0 Å². The van der Waals surface area contributed by atoms with E-state index in [0.29, 0.717) is 0 Å². The van der Waals surface area contributed by atoms with Crippen molar-refractivity contribution in [1.82, 2.24) is 9.55 Å². The molecule has 0 bridgehead atoms. The number of nitriles is 1. The SMILES string of the molecule is C[C@H](N)c1ccc(-n2c(CC#N)nc3ccccc32)cc1. The van der Waals surface area contributed by atoms with Crippen LogP contribution in [0, 0.1) is 11.3 Å². The summed E-state index contributed by atoms with van der Waals surface area (Å²) in [4.78, 5) is 4.55. The normalized spacial score (nSPS) is 12.2. The van der Waals surface area contributed by atoms with Crippen LogP contribution >= 0.6 is 0 Å². The molecule has 4 heteroatoms. The summed E-state index contributed by atoms with van der Waals surface area (Å²) in [7, 11) is 0. The highest BCUT2D eigenvalue weighted by molar-refractivity contribution is 5.78. The van der Waals surface area contributed by atoms with E-state index in [4.69, 9.17) is 11.0 Å². The lowest BCUT2D eigenvalue weighted by Crippen LogP contribution is -2.05. The molecule has 4 nitrogen and oxygen atoms in total. The molecule has 0 unspecified atom stereocenters. The molecule has 0 saturated heterocycles. The zero-order valence-corrected chi connectivity index (χ0v) is 11.8. The van der Waals surface area contributed by atoms with Gasteiger partial charge in [-0.2, -0.15) is 5.26 Å². The van der Waals surface area contributed by atoms with Gasteiger partial charge in [0.05, 0.1) is 23.5 Å². The van der Waals surface area contributed by atoms with Crippen LogP contribution in [0.4, 0.5) is 0 Å². The van der Waals surface area contributed by atoms with Crippen LogP contribution in [-0.4, -0.2) is 9.55 Å². The third-order valence-corrected chi connectivity index (χ3v) is 3.54. The van der Waals surface area contributed by atoms with Crippen LogP contribution in [0.2, 0.25) is 0 Å². The number of nitrogens with two attached hydrogens (primary N) is 1. The minimum absolute atomic E-state index is 0.0113. The van der Waals surface area contributed by atoms with E-state index in [9.17, 15) is 0 Å². The van der Waals surface area contributed by atoms with Crippen LogP contribution in [0.3, 0.4) is 0 Å². The minimum atomic E-state index is 0.0113. The molecule has 3 aromatic rings. The molecule has 0 spiro atoms. The first-order valence-corrected chi connectivity index (χ1v) is 6.90. The lowest BCUT2D eigenvalue weighted by atomic mass is 10.1. The summed E-state index contributed by atoms with van der Waals surface area (Å²) < 4.78 is 2.03. The van der Waals surface area contributed by atoms with Crippen LogP contribution in [0.25, 0.3) is 16.7 Å². The number of imidazole rings is 1. The Hall–Kier alpha value is -2.64. The zero-order valence-electron chi connectivity index (χ0n) is 11.8. The van der Waals surface area contributed by atoms with Gasteiger partial charge in [0, 0.05) is 11.7 Å². The molecule has 0 aliphatic carbocycles. The maximum Gasteiger partial charge on any atom is 0.128 e. The number of benzene rings is 2. The fourth-order valence-electron chi connectivity index (χ4n) is 2.48. The van der Waals surface area contributed by atoms with E-state index in [1.54, 1.807) is 0 Å². The van der Waals surface area contributed by atoms with Crippen molar-refractivity contribution in [3.05, 3.63) is 59.9 Å². The minimum Gasteiger partial charge on any atom is -0.324 e. The second-order valence-corrected chi connectivity index (χ2v) is 5.07. The molecular weight excluding hydrogens is 260 g/mol. The first-order chi connectivity index (χ1) is 10.2. The second kappa shape index (κ2) is 5.39. The summed E-state index contributed by atoms with van der Waals surface area (Å²) in [6, 6.07) is 18.2.